The lowest BCUT2D eigenvalue weighted by atomic mass is 9.98. The van der Waals surface area contributed by atoms with Crippen molar-refractivity contribution in [2.24, 2.45) is 0 Å². The average Bonchev–Trinajstić information content (AvgIpc) is 3.56. The summed E-state index contributed by atoms with van der Waals surface area (Å²) in [6.07, 6.45) is 3.87. The summed E-state index contributed by atoms with van der Waals surface area (Å²) in [7, 11) is -1.75. The number of hydrogen-bond acceptors (Lipinski definition) is 3. The van der Waals surface area contributed by atoms with Crippen LogP contribution in [0.25, 0.3) is 44.3 Å². The summed E-state index contributed by atoms with van der Waals surface area (Å²) in [5, 5.41) is 11.6. The predicted octanol–water partition coefficient (Wildman–Crippen LogP) is 8.07. The van der Waals surface area contributed by atoms with Crippen LogP contribution in [0.2, 0.25) is 18.6 Å². The van der Waals surface area contributed by atoms with Crippen molar-refractivity contribution < 1.29 is 12.6 Å². The van der Waals surface area contributed by atoms with Crippen LogP contribution in [0.15, 0.2) is 65.5 Å². The molecule has 0 bridgehead atoms. The first-order valence-corrected chi connectivity index (χ1v) is 14.3. The number of aromatic nitrogens is 2. The third kappa shape index (κ3) is 3.38. The number of imidazole rings is 1. The van der Waals surface area contributed by atoms with Crippen LogP contribution < -0.4 is 0 Å². The fourth-order valence-corrected chi connectivity index (χ4v) is 6.51. The summed E-state index contributed by atoms with van der Waals surface area (Å²) in [6, 6.07) is 18.0. The first kappa shape index (κ1) is 16.1. The first-order valence-electron chi connectivity index (χ1n) is 14.4. The van der Waals surface area contributed by atoms with Crippen molar-refractivity contribution >= 4 is 30.2 Å². The molecule has 2 aromatic heterocycles. The Kier molecular flexibility index (Phi) is 3.93. The summed E-state index contributed by atoms with van der Waals surface area (Å²) in [5.74, 6) is 0. The molecule has 0 aliphatic rings. The quantitative estimate of drug-likeness (QED) is 0.245. The minimum absolute atomic E-state index is 0.195. The van der Waals surface area contributed by atoms with Gasteiger partial charge in [0.2, 0.25) is 0 Å². The lowest BCUT2D eigenvalue weighted by Gasteiger charge is -2.25. The SMILES string of the molecule is [2H]C([2H])([2H])c1ccc(-c2cccc3c2oc2c(-c4cn([Si](C)(CC)CC)cn4)c(C#N)ccc23)cc1C([2H])([2H])[2H]. The van der Waals surface area contributed by atoms with E-state index in [0.717, 1.165) is 22.9 Å². The van der Waals surface area contributed by atoms with Gasteiger partial charge < -0.3 is 8.65 Å². The van der Waals surface area contributed by atoms with Crippen LogP contribution >= 0.6 is 0 Å². The highest BCUT2D eigenvalue weighted by molar-refractivity contribution is 6.76. The van der Waals surface area contributed by atoms with Gasteiger partial charge in [-0.2, -0.15) is 5.26 Å². The minimum atomic E-state index is -2.61. The average molecular weight is 470 g/mol. The van der Waals surface area contributed by atoms with Crippen LogP contribution in [-0.4, -0.2) is 17.5 Å². The second-order valence-corrected chi connectivity index (χ2v) is 13.8. The molecule has 0 N–H and O–H groups in total. The van der Waals surface area contributed by atoms with Crippen molar-refractivity contribution in [3.05, 3.63) is 77.7 Å². The molecule has 0 radical (unpaired) electrons. The molecule has 0 saturated carbocycles. The van der Waals surface area contributed by atoms with Gasteiger partial charge in [0.1, 0.15) is 11.2 Å². The summed E-state index contributed by atoms with van der Waals surface area (Å²) in [6.45, 7) is 1.53. The van der Waals surface area contributed by atoms with Crippen LogP contribution in [0.5, 0.6) is 0 Å². The summed E-state index contributed by atoms with van der Waals surface area (Å²) in [5.41, 5.74) is 3.52. The number of nitriles is 1. The van der Waals surface area contributed by atoms with Gasteiger partial charge in [0, 0.05) is 30.8 Å². The standard InChI is InChI=1S/C29H29N3OSi/c1-6-34(5,7-2)32-17-26(31-18-32)27-22(16-30)13-14-25-24-10-8-9-23(28(24)33-29(25)27)21-12-11-19(3)20(4)15-21/h8-15,17-18H,6-7H2,1-5H3/i3D3,4D3. The third-order valence-corrected chi connectivity index (χ3v) is 11.6. The normalized spacial score (nSPS) is 15.2. The Morgan fingerprint density at radius 3 is 2.56 bits per heavy atom. The number of aryl methyl sites for hydroxylation is 2. The van der Waals surface area contributed by atoms with Crippen LogP contribution in [0.3, 0.4) is 0 Å². The minimum Gasteiger partial charge on any atom is -0.455 e. The Hall–Kier alpha value is -3.62. The van der Waals surface area contributed by atoms with Crippen LogP contribution in [0.1, 0.15) is 38.8 Å². The molecule has 0 saturated heterocycles. The van der Waals surface area contributed by atoms with Gasteiger partial charge in [0.05, 0.1) is 29.2 Å². The highest BCUT2D eigenvalue weighted by atomic mass is 28.3. The molecular formula is C29H29N3OSi. The Morgan fingerprint density at radius 2 is 1.82 bits per heavy atom. The second kappa shape index (κ2) is 8.30. The Balaban J connectivity index is 1.76. The molecule has 5 rings (SSSR count). The summed E-state index contributed by atoms with van der Waals surface area (Å²) in [4.78, 5) is 4.70. The van der Waals surface area contributed by atoms with Crippen LogP contribution in [0, 0.1) is 25.0 Å². The molecule has 0 aliphatic carbocycles. The molecule has 0 spiro atoms. The van der Waals surface area contributed by atoms with E-state index in [2.05, 4.69) is 30.7 Å². The van der Waals surface area contributed by atoms with Crippen molar-refractivity contribution in [2.45, 2.75) is 46.2 Å². The Morgan fingerprint density at radius 1 is 1.03 bits per heavy atom. The number of hydrogen-bond donors (Lipinski definition) is 0. The molecule has 0 atom stereocenters. The van der Waals surface area contributed by atoms with Crippen LogP contribution in [-0.2, 0) is 0 Å². The predicted molar refractivity (Wildman–Crippen MR) is 143 cm³/mol. The maximum absolute atomic E-state index is 9.99. The molecular weight excluding hydrogens is 434 g/mol. The topological polar surface area (TPSA) is 54.8 Å². The second-order valence-electron chi connectivity index (χ2n) is 8.89. The van der Waals surface area contributed by atoms with E-state index in [4.69, 9.17) is 17.6 Å². The highest BCUT2D eigenvalue weighted by Gasteiger charge is 2.27. The van der Waals surface area contributed by atoms with E-state index < -0.39 is 21.9 Å². The zero-order chi connectivity index (χ0) is 29.0. The number of para-hydroxylation sites is 1. The molecule has 5 heteroatoms. The summed E-state index contributed by atoms with van der Waals surface area (Å²) < 4.78 is 56.1. The largest absolute Gasteiger partial charge is 0.455 e. The maximum Gasteiger partial charge on any atom is 0.159 e. The Labute approximate surface area is 210 Å². The maximum atomic E-state index is 9.99. The van der Waals surface area contributed by atoms with Crippen molar-refractivity contribution in [3.63, 3.8) is 0 Å². The fraction of sp³-hybridized carbons (Fsp3) is 0.241. The van der Waals surface area contributed by atoms with Gasteiger partial charge in [-0.05, 0) is 54.6 Å². The van der Waals surface area contributed by atoms with E-state index in [1.54, 1.807) is 12.1 Å². The van der Waals surface area contributed by atoms with Gasteiger partial charge >= 0.3 is 0 Å². The zero-order valence-electron chi connectivity index (χ0n) is 25.4. The van der Waals surface area contributed by atoms with Gasteiger partial charge in [-0.3, -0.25) is 0 Å². The molecule has 170 valence electrons. The number of rotatable bonds is 5. The van der Waals surface area contributed by atoms with Crippen molar-refractivity contribution in [3.8, 4) is 28.5 Å². The molecule has 34 heavy (non-hydrogen) atoms. The first-order chi connectivity index (χ1) is 18.8. The molecule has 4 nitrogen and oxygen atoms in total. The van der Waals surface area contributed by atoms with E-state index in [9.17, 15) is 5.26 Å². The number of furan rings is 1. The van der Waals surface area contributed by atoms with Crippen molar-refractivity contribution in [2.75, 3.05) is 0 Å². The number of fused-ring (bicyclic) bond motifs is 3. The van der Waals surface area contributed by atoms with E-state index in [1.165, 1.54) is 12.1 Å². The lowest BCUT2D eigenvalue weighted by molar-refractivity contribution is 0.671. The van der Waals surface area contributed by atoms with Crippen molar-refractivity contribution in [1.29, 1.82) is 5.26 Å². The summed E-state index contributed by atoms with van der Waals surface area (Å²) >= 11 is 0. The molecule has 0 amide bonds. The lowest BCUT2D eigenvalue weighted by Crippen LogP contribution is -2.37. The van der Waals surface area contributed by atoms with Gasteiger partial charge in [0.25, 0.3) is 0 Å². The van der Waals surface area contributed by atoms with E-state index in [0.29, 0.717) is 39.1 Å². The Bertz CT molecular complexity index is 1790. The van der Waals surface area contributed by atoms with E-state index >= 15 is 0 Å². The molecule has 0 aliphatic heterocycles. The molecule has 2 heterocycles. The number of nitrogens with zero attached hydrogens (tertiary/aromatic N) is 3. The zero-order valence-corrected chi connectivity index (χ0v) is 20.4. The van der Waals surface area contributed by atoms with Gasteiger partial charge in [-0.1, -0.05) is 56.8 Å². The molecule has 0 unspecified atom stereocenters. The third-order valence-electron chi connectivity index (χ3n) is 7.10. The highest BCUT2D eigenvalue weighted by Crippen LogP contribution is 2.41. The van der Waals surface area contributed by atoms with Crippen LogP contribution in [0.4, 0.5) is 0 Å². The van der Waals surface area contributed by atoms with E-state index in [-0.39, 0.29) is 11.1 Å². The molecule has 5 aromatic rings. The van der Waals surface area contributed by atoms with Crippen molar-refractivity contribution in [1.82, 2.24) is 9.22 Å². The van der Waals surface area contributed by atoms with Gasteiger partial charge in [-0.25, -0.2) is 4.98 Å². The monoisotopic (exact) mass is 469 g/mol. The molecule has 3 aromatic carbocycles. The van der Waals surface area contributed by atoms with Gasteiger partial charge in [-0.15, -0.1) is 0 Å². The fourth-order valence-electron chi connectivity index (χ4n) is 4.51. The number of benzene rings is 3. The van der Waals surface area contributed by atoms with Gasteiger partial charge in [0.15, 0.2) is 8.24 Å². The van der Waals surface area contributed by atoms with E-state index in [1.807, 2.05) is 36.8 Å². The smallest absolute Gasteiger partial charge is 0.159 e. The molecule has 0 fully saturated rings.